The van der Waals surface area contributed by atoms with E-state index in [4.69, 9.17) is 5.73 Å². The molecular weight excluding hydrogens is 202 g/mol. The van der Waals surface area contributed by atoms with E-state index in [1.165, 1.54) is 0 Å². The van der Waals surface area contributed by atoms with E-state index >= 15 is 0 Å². The average molecular weight is 204 g/mol. The van der Waals surface area contributed by atoms with Gasteiger partial charge in [0.15, 0.2) is 0 Å². The normalized spacial score (nSPS) is 6.67. The van der Waals surface area contributed by atoms with Crippen LogP contribution in [-0.2, 0) is 20.5 Å². The molecule has 0 rings (SSSR count). The van der Waals surface area contributed by atoms with Crippen molar-refractivity contribution in [2.75, 3.05) is 0 Å². The van der Waals surface area contributed by atoms with Crippen molar-refractivity contribution in [3.05, 3.63) is 0 Å². The molecule has 0 heterocycles. The van der Waals surface area contributed by atoms with Gasteiger partial charge in [-0.05, 0) is 0 Å². The first-order valence-corrected chi connectivity index (χ1v) is 5.05. The summed E-state index contributed by atoms with van der Waals surface area (Å²) in [7, 11) is 4.47. The molecule has 0 aromatic carbocycles. The number of hydrogen-bond acceptors (Lipinski definition) is 3. The molecule has 0 atom stereocenters. The Bertz CT molecular complexity index is 73.9. The van der Waals surface area contributed by atoms with Gasteiger partial charge in [0.2, 0.25) is 0 Å². The average Bonchev–Trinajstić information content (AvgIpc) is 1.35. The fourth-order valence-electron chi connectivity index (χ4n) is 0.0335. The molecule has 0 radical (unpaired) electrons. The molecule has 35 valence electrons. The maximum absolute atomic E-state index is 4.88. The zero-order valence-corrected chi connectivity index (χ0v) is 6.35. The van der Waals surface area contributed by atoms with Crippen molar-refractivity contribution in [1.29, 1.82) is 0 Å². The molecule has 0 saturated carbocycles. The second-order valence-electron chi connectivity index (χ2n) is 0.470. The molecule has 0 unspecified atom stereocenters. The summed E-state index contributed by atoms with van der Waals surface area (Å²) in [4.78, 5) is 0. The predicted molar refractivity (Wildman–Crippen MR) is 25.5 cm³/mol. The van der Waals surface area contributed by atoms with Crippen LogP contribution in [0.2, 0.25) is 0 Å². The van der Waals surface area contributed by atoms with Crippen LogP contribution in [0, 0.1) is 0 Å². The predicted octanol–water partition coefficient (Wildman–Crippen LogP) is 0.357. The van der Waals surface area contributed by atoms with E-state index < -0.39 is 17.1 Å². The van der Waals surface area contributed by atoms with Crippen molar-refractivity contribution in [1.82, 2.24) is 0 Å². The van der Waals surface area contributed by atoms with Crippen LogP contribution in [0.4, 0.5) is 0 Å². The summed E-state index contributed by atoms with van der Waals surface area (Å²) in [5, 5.41) is 0.0763. The summed E-state index contributed by atoms with van der Waals surface area (Å²) in [6.45, 7) is 0. The Labute approximate surface area is 53.5 Å². The van der Waals surface area contributed by atoms with Gasteiger partial charge in [0.1, 0.15) is 0 Å². The molecule has 0 aliphatic carbocycles. The maximum atomic E-state index is 4.88. The van der Waals surface area contributed by atoms with Crippen LogP contribution in [0.15, 0.2) is 0 Å². The van der Waals surface area contributed by atoms with Gasteiger partial charge in [-0.25, -0.2) is 0 Å². The molecule has 0 amide bonds. The van der Waals surface area contributed by atoms with E-state index in [1.54, 1.807) is 0 Å². The van der Waals surface area contributed by atoms with Crippen molar-refractivity contribution < 1.29 is 20.5 Å². The first kappa shape index (κ1) is 6.60. The molecule has 2 nitrogen and oxygen atoms in total. The standard InChI is InChI=1S/CH3NOS.Mo.S/c2-1(3)4;;/h(H3,2,3,4);;/q;+1;/p-1. The van der Waals surface area contributed by atoms with E-state index in [1.807, 2.05) is 0 Å². The number of thiocarbonyl (C=S) groups is 1. The van der Waals surface area contributed by atoms with Gasteiger partial charge in [0, 0.05) is 0 Å². The zero-order valence-electron chi connectivity index (χ0n) is 2.71. The van der Waals surface area contributed by atoms with Gasteiger partial charge < -0.3 is 0 Å². The van der Waals surface area contributed by atoms with Crippen LogP contribution in [0.25, 0.3) is 0 Å². The third-order valence-electron chi connectivity index (χ3n) is 0.116. The number of hydrogen-bond donors (Lipinski definition) is 1. The molecule has 0 fully saturated rings. The Balaban J connectivity index is 3.05. The van der Waals surface area contributed by atoms with Gasteiger partial charge in [-0.2, -0.15) is 0 Å². The Hall–Kier alpha value is 0.598. The van der Waals surface area contributed by atoms with Crippen molar-refractivity contribution in [3.8, 4) is 0 Å². The minimum absolute atomic E-state index is 0.0763. The van der Waals surface area contributed by atoms with Gasteiger partial charge in [0.25, 0.3) is 0 Å². The van der Waals surface area contributed by atoms with Gasteiger partial charge in [0.05, 0.1) is 0 Å². The SMILES string of the molecule is NC(=S)[O][Mo]=[S]. The van der Waals surface area contributed by atoms with Crippen LogP contribution in [-0.4, -0.2) is 5.17 Å². The molecule has 0 aliphatic heterocycles. The second kappa shape index (κ2) is 3.78. The first-order valence-electron chi connectivity index (χ1n) is 1.03. The van der Waals surface area contributed by atoms with E-state index in [0.29, 0.717) is 0 Å². The molecule has 0 aliphatic rings. The quantitative estimate of drug-likeness (QED) is 0.494. The van der Waals surface area contributed by atoms with Crippen LogP contribution in [0.1, 0.15) is 0 Å². The molecule has 2 N–H and O–H groups in total. The molecule has 0 spiro atoms. The molecule has 6 heavy (non-hydrogen) atoms. The Morgan fingerprint density at radius 3 is 2.33 bits per heavy atom. The van der Waals surface area contributed by atoms with E-state index in [9.17, 15) is 0 Å². The van der Waals surface area contributed by atoms with Crippen molar-refractivity contribution >= 4 is 27.2 Å². The third-order valence-corrected chi connectivity index (χ3v) is 1.49. The van der Waals surface area contributed by atoms with E-state index in [-0.39, 0.29) is 5.17 Å². The Morgan fingerprint density at radius 2 is 2.33 bits per heavy atom. The van der Waals surface area contributed by atoms with Crippen molar-refractivity contribution in [3.63, 3.8) is 0 Å². The monoisotopic (exact) mass is 206 g/mol. The minimum atomic E-state index is -0.755. The van der Waals surface area contributed by atoms with E-state index in [0.717, 1.165) is 0 Å². The summed E-state index contributed by atoms with van der Waals surface area (Å²) >= 11 is 3.56. The Morgan fingerprint density at radius 1 is 1.83 bits per heavy atom. The van der Waals surface area contributed by atoms with Crippen molar-refractivity contribution in [2.24, 2.45) is 5.73 Å². The molecule has 0 bridgehead atoms. The Kier molecular flexibility index (Phi) is 4.15. The summed E-state index contributed by atoms with van der Waals surface area (Å²) in [5.74, 6) is 0. The van der Waals surface area contributed by atoms with E-state index in [2.05, 4.69) is 25.4 Å². The molecular formula is CH2MoNOS2. The van der Waals surface area contributed by atoms with Crippen LogP contribution < -0.4 is 5.73 Å². The fraction of sp³-hybridized carbons (Fsp3) is 0. The molecule has 5 heteroatoms. The summed E-state index contributed by atoms with van der Waals surface area (Å²) < 4.78 is 4.50. The van der Waals surface area contributed by atoms with Gasteiger partial charge in [-0.3, -0.25) is 0 Å². The zero-order chi connectivity index (χ0) is 4.99. The second-order valence-corrected chi connectivity index (χ2v) is 2.42. The van der Waals surface area contributed by atoms with Crippen LogP contribution >= 0.6 is 22.0 Å². The number of nitrogens with two attached hydrogens (primary N) is 1. The summed E-state index contributed by atoms with van der Waals surface area (Å²) in [6.07, 6.45) is 0. The third kappa shape index (κ3) is 4.60. The van der Waals surface area contributed by atoms with Gasteiger partial charge in [-0.1, -0.05) is 0 Å². The first-order chi connectivity index (χ1) is 2.77. The van der Waals surface area contributed by atoms with Gasteiger partial charge in [-0.15, -0.1) is 0 Å². The van der Waals surface area contributed by atoms with Gasteiger partial charge >= 0.3 is 53.5 Å². The molecule has 0 aromatic rings. The topological polar surface area (TPSA) is 35.2 Å². The fourth-order valence-corrected chi connectivity index (χ4v) is 1.09. The summed E-state index contributed by atoms with van der Waals surface area (Å²) in [6, 6.07) is 0. The van der Waals surface area contributed by atoms with Crippen LogP contribution in [0.3, 0.4) is 0 Å². The molecule has 0 aromatic heterocycles. The summed E-state index contributed by atoms with van der Waals surface area (Å²) in [5.41, 5.74) is 4.88. The van der Waals surface area contributed by atoms with Crippen molar-refractivity contribution in [2.45, 2.75) is 0 Å². The number of rotatable bonds is 1. The van der Waals surface area contributed by atoms with Crippen LogP contribution in [0.5, 0.6) is 0 Å². The molecule has 0 saturated heterocycles.